The fraction of sp³-hybridized carbons (Fsp3) is 0.810. The maximum atomic E-state index is 11.7. The number of piperidine rings is 3. The van der Waals surface area contributed by atoms with Gasteiger partial charge in [-0.2, -0.15) is 5.10 Å². The number of carbonyl (C=O) groups is 1. The molecule has 5 rings (SSSR count). The zero-order valence-electron chi connectivity index (χ0n) is 16.9. The first-order valence-electron chi connectivity index (χ1n) is 10.9. The standard InChI is InChI=1S/C21H35N5O/c1-3-22-21(27)23-13-17-11-16-9-10-26(17)14-18(16)20-12-19(24-25(20)2)15-7-5-4-6-8-15/h12,15-18H,3-11,13-14H2,1-2H3,(H2,22,23,27)/t16-,17+,18-/m0/s1. The third kappa shape index (κ3) is 4.00. The van der Waals surface area contributed by atoms with E-state index in [0.29, 0.717) is 30.3 Å². The molecule has 1 aromatic rings. The van der Waals surface area contributed by atoms with Crippen LogP contribution in [0.2, 0.25) is 0 Å². The monoisotopic (exact) mass is 373 g/mol. The Kier molecular flexibility index (Phi) is 5.71. The number of hydrogen-bond donors (Lipinski definition) is 2. The first kappa shape index (κ1) is 18.8. The minimum absolute atomic E-state index is 0.0412. The summed E-state index contributed by atoms with van der Waals surface area (Å²) in [5.74, 6) is 1.98. The minimum atomic E-state index is -0.0412. The van der Waals surface area contributed by atoms with Crippen molar-refractivity contribution in [2.75, 3.05) is 26.2 Å². The van der Waals surface area contributed by atoms with Crippen molar-refractivity contribution in [3.8, 4) is 0 Å². The molecule has 150 valence electrons. The zero-order valence-corrected chi connectivity index (χ0v) is 16.9. The molecule has 4 aliphatic rings. The highest BCUT2D eigenvalue weighted by atomic mass is 16.2. The molecular weight excluding hydrogens is 338 g/mol. The van der Waals surface area contributed by atoms with Gasteiger partial charge in [-0.05, 0) is 51.1 Å². The van der Waals surface area contributed by atoms with Crippen molar-refractivity contribution < 1.29 is 4.79 Å². The van der Waals surface area contributed by atoms with Gasteiger partial charge >= 0.3 is 6.03 Å². The van der Waals surface area contributed by atoms with Gasteiger partial charge in [-0.3, -0.25) is 9.58 Å². The van der Waals surface area contributed by atoms with Gasteiger partial charge in [0.2, 0.25) is 0 Å². The van der Waals surface area contributed by atoms with Crippen LogP contribution in [0.4, 0.5) is 4.79 Å². The van der Waals surface area contributed by atoms with Crippen LogP contribution in [0.15, 0.2) is 6.07 Å². The van der Waals surface area contributed by atoms with E-state index in [0.717, 1.165) is 19.6 Å². The minimum Gasteiger partial charge on any atom is -0.338 e. The average Bonchev–Trinajstić information content (AvgIpc) is 3.09. The normalized spacial score (nSPS) is 31.0. The molecule has 4 heterocycles. The first-order valence-corrected chi connectivity index (χ1v) is 10.9. The zero-order chi connectivity index (χ0) is 18.8. The van der Waals surface area contributed by atoms with E-state index >= 15 is 0 Å². The third-order valence-electron chi connectivity index (χ3n) is 7.05. The molecule has 4 fully saturated rings. The number of fused-ring (bicyclic) bond motifs is 3. The van der Waals surface area contributed by atoms with Crippen molar-refractivity contribution >= 4 is 6.03 Å². The Morgan fingerprint density at radius 2 is 2.04 bits per heavy atom. The number of nitrogens with zero attached hydrogens (tertiary/aromatic N) is 3. The van der Waals surface area contributed by atoms with Crippen molar-refractivity contribution in [1.82, 2.24) is 25.3 Å². The number of carbonyl (C=O) groups excluding carboxylic acids is 1. The molecule has 2 N–H and O–H groups in total. The van der Waals surface area contributed by atoms with Crippen LogP contribution in [0, 0.1) is 5.92 Å². The lowest BCUT2D eigenvalue weighted by Gasteiger charge is -2.49. The Morgan fingerprint density at radius 3 is 2.74 bits per heavy atom. The lowest BCUT2D eigenvalue weighted by Crippen LogP contribution is -2.56. The molecule has 6 heteroatoms. The summed E-state index contributed by atoms with van der Waals surface area (Å²) in [5.41, 5.74) is 2.76. The van der Waals surface area contributed by atoms with Crippen LogP contribution >= 0.6 is 0 Å². The van der Waals surface area contributed by atoms with Crippen LogP contribution in [0.3, 0.4) is 0 Å². The van der Waals surface area contributed by atoms with Crippen LogP contribution in [0.1, 0.15) is 75.1 Å². The first-order chi connectivity index (χ1) is 13.2. The molecular formula is C21H35N5O. The van der Waals surface area contributed by atoms with E-state index < -0.39 is 0 Å². The molecule has 6 nitrogen and oxygen atoms in total. The summed E-state index contributed by atoms with van der Waals surface area (Å²) in [6.45, 7) is 5.65. The van der Waals surface area contributed by atoms with Crippen molar-refractivity contribution in [3.05, 3.63) is 17.5 Å². The molecule has 0 aromatic carbocycles. The number of amides is 2. The van der Waals surface area contributed by atoms with Gasteiger partial charge in [0.05, 0.1) is 5.69 Å². The van der Waals surface area contributed by atoms with E-state index in [-0.39, 0.29) is 6.03 Å². The molecule has 4 atom stereocenters. The predicted octanol–water partition coefficient (Wildman–Crippen LogP) is 2.96. The Labute approximate surface area is 163 Å². The summed E-state index contributed by atoms with van der Waals surface area (Å²) < 4.78 is 2.17. The van der Waals surface area contributed by atoms with Crippen LogP contribution in [-0.2, 0) is 7.05 Å². The molecule has 1 aromatic heterocycles. The SMILES string of the molecule is CCNC(=O)NC[C@H]1C[C@@H]2CCN1C[C@@H]2c1cc(C2CCCCC2)nn1C. The third-order valence-corrected chi connectivity index (χ3v) is 7.05. The van der Waals surface area contributed by atoms with Crippen molar-refractivity contribution in [1.29, 1.82) is 0 Å². The second kappa shape index (κ2) is 8.21. The van der Waals surface area contributed by atoms with Gasteiger partial charge in [-0.25, -0.2) is 4.79 Å². The lowest BCUT2D eigenvalue weighted by molar-refractivity contribution is 0.0294. The molecule has 2 amide bonds. The number of nitrogens with one attached hydrogen (secondary N) is 2. The van der Waals surface area contributed by atoms with Crippen molar-refractivity contribution in [2.45, 2.75) is 69.7 Å². The van der Waals surface area contributed by atoms with Crippen LogP contribution in [-0.4, -0.2) is 52.9 Å². The predicted molar refractivity (Wildman–Crippen MR) is 107 cm³/mol. The fourth-order valence-corrected chi connectivity index (χ4v) is 5.57. The van der Waals surface area contributed by atoms with E-state index in [1.54, 1.807) is 0 Å². The molecule has 0 spiro atoms. The average molecular weight is 374 g/mol. The second-order valence-corrected chi connectivity index (χ2v) is 8.73. The largest absolute Gasteiger partial charge is 0.338 e. The number of aromatic nitrogens is 2. The van der Waals surface area contributed by atoms with Gasteiger partial charge < -0.3 is 10.6 Å². The summed E-state index contributed by atoms with van der Waals surface area (Å²) in [7, 11) is 2.13. The van der Waals surface area contributed by atoms with Gasteiger partial charge in [-0.1, -0.05) is 19.3 Å². The van der Waals surface area contributed by atoms with Crippen LogP contribution in [0.5, 0.6) is 0 Å². The maximum Gasteiger partial charge on any atom is 0.314 e. The number of urea groups is 1. The quantitative estimate of drug-likeness (QED) is 0.834. The van der Waals surface area contributed by atoms with E-state index in [4.69, 9.17) is 5.10 Å². The van der Waals surface area contributed by atoms with Gasteiger partial charge in [0.15, 0.2) is 0 Å². The highest BCUT2D eigenvalue weighted by molar-refractivity contribution is 5.73. The van der Waals surface area contributed by atoms with Gasteiger partial charge in [0, 0.05) is 50.3 Å². The summed E-state index contributed by atoms with van der Waals surface area (Å²) in [6.07, 6.45) is 9.18. The smallest absolute Gasteiger partial charge is 0.314 e. The van der Waals surface area contributed by atoms with Crippen molar-refractivity contribution in [2.24, 2.45) is 13.0 Å². The molecule has 1 saturated carbocycles. The van der Waals surface area contributed by atoms with E-state index in [9.17, 15) is 4.79 Å². The number of hydrogen-bond acceptors (Lipinski definition) is 3. The molecule has 3 saturated heterocycles. The van der Waals surface area contributed by atoms with Crippen LogP contribution < -0.4 is 10.6 Å². The molecule has 0 radical (unpaired) electrons. The molecule has 3 aliphatic heterocycles. The summed E-state index contributed by atoms with van der Waals surface area (Å²) in [4.78, 5) is 14.3. The Morgan fingerprint density at radius 1 is 1.22 bits per heavy atom. The van der Waals surface area contributed by atoms with Crippen LogP contribution in [0.25, 0.3) is 0 Å². The highest BCUT2D eigenvalue weighted by Gasteiger charge is 2.42. The summed E-state index contributed by atoms with van der Waals surface area (Å²) in [6, 6.07) is 2.86. The Bertz CT molecular complexity index is 651. The van der Waals surface area contributed by atoms with E-state index in [2.05, 4.69) is 33.3 Å². The Hall–Kier alpha value is -1.56. The summed E-state index contributed by atoms with van der Waals surface area (Å²) in [5, 5.41) is 10.8. The second-order valence-electron chi connectivity index (χ2n) is 8.73. The topological polar surface area (TPSA) is 62.2 Å². The summed E-state index contributed by atoms with van der Waals surface area (Å²) >= 11 is 0. The van der Waals surface area contributed by atoms with Crippen molar-refractivity contribution in [3.63, 3.8) is 0 Å². The highest BCUT2D eigenvalue weighted by Crippen LogP contribution is 2.42. The number of rotatable bonds is 5. The van der Waals surface area contributed by atoms with Gasteiger partial charge in [-0.15, -0.1) is 0 Å². The van der Waals surface area contributed by atoms with E-state index in [1.807, 2.05) is 6.92 Å². The molecule has 1 unspecified atom stereocenters. The number of aryl methyl sites for hydroxylation is 1. The molecule has 27 heavy (non-hydrogen) atoms. The van der Waals surface area contributed by atoms with E-state index in [1.165, 1.54) is 56.3 Å². The maximum absolute atomic E-state index is 11.7. The van der Waals surface area contributed by atoms with Gasteiger partial charge in [0.1, 0.15) is 0 Å². The van der Waals surface area contributed by atoms with Gasteiger partial charge in [0.25, 0.3) is 0 Å². The molecule has 1 aliphatic carbocycles. The molecule has 2 bridgehead atoms. The lowest BCUT2D eigenvalue weighted by atomic mass is 9.74. The Balaban J connectivity index is 1.40. The fourth-order valence-electron chi connectivity index (χ4n) is 5.57.